The highest BCUT2D eigenvalue weighted by molar-refractivity contribution is 5.94. The summed E-state index contributed by atoms with van der Waals surface area (Å²) in [6, 6.07) is 6.13. The molecule has 4 nitrogen and oxygen atoms in total. The van der Waals surface area contributed by atoms with Gasteiger partial charge in [0.1, 0.15) is 5.82 Å². The van der Waals surface area contributed by atoms with E-state index in [1.54, 1.807) is 17.0 Å². The quantitative estimate of drug-likeness (QED) is 0.812. The molecule has 0 saturated heterocycles. The molecule has 0 bridgehead atoms. The summed E-state index contributed by atoms with van der Waals surface area (Å²) in [7, 11) is 0. The van der Waals surface area contributed by atoms with Gasteiger partial charge < -0.3 is 4.90 Å². The average Bonchev–Trinajstić information content (AvgIpc) is 2.90. The van der Waals surface area contributed by atoms with Crippen molar-refractivity contribution in [2.45, 2.75) is 39.3 Å². The molecule has 116 valence electrons. The number of nitrogens with zero attached hydrogens (tertiary/aromatic N) is 3. The van der Waals surface area contributed by atoms with Crippen LogP contribution in [0.2, 0.25) is 0 Å². The van der Waals surface area contributed by atoms with E-state index in [-0.39, 0.29) is 17.0 Å². The lowest BCUT2D eigenvalue weighted by molar-refractivity contribution is 0.0727. The normalized spacial score (nSPS) is 14.8. The largest absolute Gasteiger partial charge is 0.334 e. The minimum absolute atomic E-state index is 0.0781. The molecule has 0 radical (unpaired) electrons. The molecule has 1 aromatic heterocycles. The van der Waals surface area contributed by atoms with Crippen molar-refractivity contribution in [1.29, 1.82) is 0 Å². The Kier molecular flexibility index (Phi) is 3.51. The molecule has 3 rings (SSSR count). The smallest absolute Gasteiger partial charge is 0.257 e. The lowest BCUT2D eigenvalue weighted by Gasteiger charge is -2.30. The Morgan fingerprint density at radius 2 is 2.00 bits per heavy atom. The molecule has 2 heterocycles. The summed E-state index contributed by atoms with van der Waals surface area (Å²) in [6.07, 6.45) is 2.56. The van der Waals surface area contributed by atoms with Gasteiger partial charge in [-0.25, -0.2) is 4.39 Å². The van der Waals surface area contributed by atoms with Crippen molar-refractivity contribution >= 4 is 5.91 Å². The second-order valence-electron chi connectivity index (χ2n) is 6.66. The van der Waals surface area contributed by atoms with E-state index < -0.39 is 5.82 Å². The third kappa shape index (κ3) is 2.51. The number of hydrogen-bond donors (Lipinski definition) is 0. The molecule has 1 aromatic carbocycles. The molecular weight excluding hydrogens is 281 g/mol. The second-order valence-corrected chi connectivity index (χ2v) is 6.66. The van der Waals surface area contributed by atoms with Gasteiger partial charge in [0.15, 0.2) is 0 Å². The molecule has 0 aliphatic carbocycles. The summed E-state index contributed by atoms with van der Waals surface area (Å²) in [5.74, 6) is -0.726. The average molecular weight is 301 g/mol. The fourth-order valence-electron chi connectivity index (χ4n) is 2.89. The highest BCUT2D eigenvalue weighted by Gasteiger charge is 2.28. The van der Waals surface area contributed by atoms with Gasteiger partial charge in [-0.15, -0.1) is 0 Å². The Balaban J connectivity index is 1.85. The van der Waals surface area contributed by atoms with E-state index in [0.717, 1.165) is 12.0 Å². The molecule has 0 fully saturated rings. The van der Waals surface area contributed by atoms with Crippen LogP contribution >= 0.6 is 0 Å². The van der Waals surface area contributed by atoms with Crippen LogP contribution in [0.1, 0.15) is 42.4 Å². The molecule has 0 saturated carbocycles. The van der Waals surface area contributed by atoms with Crippen molar-refractivity contribution in [3.8, 4) is 0 Å². The molecular formula is C17H20FN3O. The van der Waals surface area contributed by atoms with Crippen molar-refractivity contribution in [1.82, 2.24) is 14.7 Å². The summed E-state index contributed by atoms with van der Waals surface area (Å²) in [5, 5.41) is 4.46. The summed E-state index contributed by atoms with van der Waals surface area (Å²) in [5.41, 5.74) is 2.27. The first kappa shape index (κ1) is 14.8. The molecule has 0 atom stereocenters. The van der Waals surface area contributed by atoms with Crippen LogP contribution in [0.5, 0.6) is 0 Å². The fraction of sp³-hybridized carbons (Fsp3) is 0.412. The Morgan fingerprint density at radius 1 is 1.27 bits per heavy atom. The monoisotopic (exact) mass is 301 g/mol. The van der Waals surface area contributed by atoms with Crippen molar-refractivity contribution in [2.75, 3.05) is 6.54 Å². The van der Waals surface area contributed by atoms with E-state index in [1.165, 1.54) is 17.8 Å². The van der Waals surface area contributed by atoms with Crippen LogP contribution < -0.4 is 0 Å². The predicted octanol–water partition coefficient (Wildman–Crippen LogP) is 2.98. The topological polar surface area (TPSA) is 38.1 Å². The van der Waals surface area contributed by atoms with Gasteiger partial charge in [0.25, 0.3) is 5.91 Å². The van der Waals surface area contributed by atoms with Gasteiger partial charge >= 0.3 is 0 Å². The first-order valence-corrected chi connectivity index (χ1v) is 7.48. The first-order valence-electron chi connectivity index (χ1n) is 7.48. The van der Waals surface area contributed by atoms with Gasteiger partial charge in [-0.2, -0.15) is 5.10 Å². The van der Waals surface area contributed by atoms with Crippen molar-refractivity contribution in [2.24, 2.45) is 0 Å². The maximum Gasteiger partial charge on any atom is 0.257 e. The molecule has 1 amide bonds. The molecule has 0 unspecified atom stereocenters. The molecule has 22 heavy (non-hydrogen) atoms. The number of amides is 1. The molecule has 0 spiro atoms. The SMILES string of the molecule is CC(C)(C)n1ncc2c1CCN(C(=O)c1ccccc1F)C2. The number of benzene rings is 1. The second kappa shape index (κ2) is 5.23. The summed E-state index contributed by atoms with van der Waals surface area (Å²) in [6.45, 7) is 7.39. The van der Waals surface area contributed by atoms with Gasteiger partial charge in [-0.3, -0.25) is 9.48 Å². The maximum absolute atomic E-state index is 13.8. The van der Waals surface area contributed by atoms with Gasteiger partial charge in [0, 0.05) is 30.8 Å². The number of carbonyl (C=O) groups excluding carboxylic acids is 1. The van der Waals surface area contributed by atoms with E-state index >= 15 is 0 Å². The first-order chi connectivity index (χ1) is 10.4. The number of hydrogen-bond acceptors (Lipinski definition) is 2. The number of carbonyl (C=O) groups is 1. The highest BCUT2D eigenvalue weighted by Crippen LogP contribution is 2.25. The van der Waals surface area contributed by atoms with E-state index in [4.69, 9.17) is 0 Å². The van der Waals surface area contributed by atoms with Crippen LogP contribution in [-0.4, -0.2) is 27.1 Å². The van der Waals surface area contributed by atoms with Crippen molar-refractivity contribution in [3.63, 3.8) is 0 Å². The van der Waals surface area contributed by atoms with E-state index in [1.807, 2.05) is 10.9 Å². The van der Waals surface area contributed by atoms with Gasteiger partial charge in [0.2, 0.25) is 0 Å². The van der Waals surface area contributed by atoms with Gasteiger partial charge in [-0.1, -0.05) is 12.1 Å². The molecule has 5 heteroatoms. The van der Waals surface area contributed by atoms with Crippen molar-refractivity contribution < 1.29 is 9.18 Å². The minimum Gasteiger partial charge on any atom is -0.334 e. The van der Waals surface area contributed by atoms with E-state index in [9.17, 15) is 9.18 Å². The zero-order chi connectivity index (χ0) is 15.9. The van der Waals surface area contributed by atoms with Gasteiger partial charge in [-0.05, 0) is 32.9 Å². The van der Waals surface area contributed by atoms with Gasteiger partial charge in [0.05, 0.1) is 17.3 Å². The molecule has 1 aliphatic heterocycles. The predicted molar refractivity (Wildman–Crippen MR) is 82.1 cm³/mol. The zero-order valence-electron chi connectivity index (χ0n) is 13.1. The standard InChI is InChI=1S/C17H20FN3O/c1-17(2,3)21-15-8-9-20(11-12(15)10-19-21)16(22)13-6-4-5-7-14(13)18/h4-7,10H,8-9,11H2,1-3H3. The molecule has 1 aliphatic rings. The Bertz CT molecular complexity index is 715. The van der Waals surface area contributed by atoms with Crippen LogP contribution in [0.4, 0.5) is 4.39 Å². The van der Waals surface area contributed by atoms with E-state index in [2.05, 4.69) is 25.9 Å². The minimum atomic E-state index is -0.469. The van der Waals surface area contributed by atoms with E-state index in [0.29, 0.717) is 13.1 Å². The molecule has 2 aromatic rings. The lowest BCUT2D eigenvalue weighted by Crippen LogP contribution is -2.38. The Labute approximate surface area is 129 Å². The summed E-state index contributed by atoms with van der Waals surface area (Å²) >= 11 is 0. The fourth-order valence-corrected chi connectivity index (χ4v) is 2.89. The number of halogens is 1. The van der Waals surface area contributed by atoms with Crippen LogP contribution in [0.3, 0.4) is 0 Å². The molecule has 0 N–H and O–H groups in total. The maximum atomic E-state index is 13.8. The van der Waals surface area contributed by atoms with Crippen LogP contribution in [0.15, 0.2) is 30.5 Å². The zero-order valence-corrected chi connectivity index (χ0v) is 13.1. The Hall–Kier alpha value is -2.17. The number of aromatic nitrogens is 2. The number of fused-ring (bicyclic) bond motifs is 1. The van der Waals surface area contributed by atoms with Crippen LogP contribution in [-0.2, 0) is 18.5 Å². The van der Waals surface area contributed by atoms with Crippen LogP contribution in [0, 0.1) is 5.82 Å². The third-order valence-electron chi connectivity index (χ3n) is 3.96. The summed E-state index contributed by atoms with van der Waals surface area (Å²) in [4.78, 5) is 14.2. The summed E-state index contributed by atoms with van der Waals surface area (Å²) < 4.78 is 15.8. The number of rotatable bonds is 1. The van der Waals surface area contributed by atoms with Crippen LogP contribution in [0.25, 0.3) is 0 Å². The van der Waals surface area contributed by atoms with Crippen molar-refractivity contribution in [3.05, 3.63) is 53.1 Å². The Morgan fingerprint density at radius 3 is 2.68 bits per heavy atom. The highest BCUT2D eigenvalue weighted by atomic mass is 19.1. The lowest BCUT2D eigenvalue weighted by atomic mass is 10.0. The third-order valence-corrected chi connectivity index (χ3v) is 3.96.